The average molecular weight is 211 g/mol. The number of hydrogen-bond donors (Lipinski definition) is 0. The van der Waals surface area contributed by atoms with Gasteiger partial charge in [0.15, 0.2) is 0 Å². The predicted molar refractivity (Wildman–Crippen MR) is 67.6 cm³/mol. The molecule has 0 radical (unpaired) electrons. The largest absolute Gasteiger partial charge is 0.261 e. The zero-order valence-corrected chi connectivity index (χ0v) is 9.90. The van der Waals surface area contributed by atoms with E-state index in [0.717, 1.165) is 18.5 Å². The third-order valence-corrected chi connectivity index (χ3v) is 3.04. The highest BCUT2D eigenvalue weighted by Gasteiger charge is 2.01. The molecule has 0 saturated carbocycles. The number of rotatable bonds is 3. The van der Waals surface area contributed by atoms with Crippen molar-refractivity contribution in [2.24, 2.45) is 0 Å². The van der Waals surface area contributed by atoms with Crippen LogP contribution in [0.15, 0.2) is 42.6 Å². The van der Waals surface area contributed by atoms with Crippen LogP contribution in [0.2, 0.25) is 0 Å². The summed E-state index contributed by atoms with van der Waals surface area (Å²) in [7, 11) is 0. The van der Waals surface area contributed by atoms with E-state index < -0.39 is 0 Å². The van der Waals surface area contributed by atoms with Crippen LogP contribution in [0, 0.1) is 13.8 Å². The fourth-order valence-corrected chi connectivity index (χ4v) is 1.94. The minimum Gasteiger partial charge on any atom is -0.261 e. The maximum absolute atomic E-state index is 4.31. The summed E-state index contributed by atoms with van der Waals surface area (Å²) in [6.45, 7) is 4.25. The monoisotopic (exact) mass is 211 g/mol. The topological polar surface area (TPSA) is 12.9 Å². The summed E-state index contributed by atoms with van der Waals surface area (Å²) in [6.07, 6.45) is 4.02. The van der Waals surface area contributed by atoms with Gasteiger partial charge in [0, 0.05) is 11.9 Å². The molecule has 2 aromatic rings. The Bertz CT molecular complexity index is 429. The first-order chi connectivity index (χ1) is 7.77. The smallest absolute Gasteiger partial charge is 0.0404 e. The van der Waals surface area contributed by atoms with Gasteiger partial charge in [-0.2, -0.15) is 0 Å². The zero-order chi connectivity index (χ0) is 11.4. The van der Waals surface area contributed by atoms with Crippen molar-refractivity contribution in [3.8, 4) is 0 Å². The van der Waals surface area contributed by atoms with Gasteiger partial charge in [-0.15, -0.1) is 0 Å². The summed E-state index contributed by atoms with van der Waals surface area (Å²) >= 11 is 0. The van der Waals surface area contributed by atoms with Crippen LogP contribution >= 0.6 is 0 Å². The minimum absolute atomic E-state index is 1.07. The molecule has 0 spiro atoms. The van der Waals surface area contributed by atoms with E-state index in [4.69, 9.17) is 0 Å². The zero-order valence-electron chi connectivity index (χ0n) is 9.90. The van der Waals surface area contributed by atoms with Crippen LogP contribution in [-0.4, -0.2) is 4.98 Å². The normalized spacial score (nSPS) is 10.4. The van der Waals surface area contributed by atoms with E-state index in [0.29, 0.717) is 0 Å². The van der Waals surface area contributed by atoms with E-state index in [2.05, 4.69) is 49.2 Å². The van der Waals surface area contributed by atoms with E-state index in [1.807, 2.05) is 12.3 Å². The number of aromatic nitrogens is 1. The molecule has 1 aromatic heterocycles. The quantitative estimate of drug-likeness (QED) is 0.757. The van der Waals surface area contributed by atoms with E-state index in [9.17, 15) is 0 Å². The predicted octanol–water partition coefficient (Wildman–Crippen LogP) is 3.48. The summed E-state index contributed by atoms with van der Waals surface area (Å²) in [6, 6.07) is 12.8. The molecule has 0 N–H and O–H groups in total. The van der Waals surface area contributed by atoms with Crippen LogP contribution in [0.1, 0.15) is 22.4 Å². The van der Waals surface area contributed by atoms with Crippen molar-refractivity contribution in [1.82, 2.24) is 4.98 Å². The molecule has 0 amide bonds. The molecule has 1 heteroatoms. The molecule has 0 fully saturated rings. The van der Waals surface area contributed by atoms with Crippen LogP contribution in [0.4, 0.5) is 0 Å². The second-order valence-electron chi connectivity index (χ2n) is 4.17. The molecule has 82 valence electrons. The van der Waals surface area contributed by atoms with Crippen molar-refractivity contribution < 1.29 is 0 Å². The molecule has 0 unspecified atom stereocenters. The standard InChI is InChI=1S/C15H17N/c1-12-6-3-4-7-14(12)9-10-15-8-5-11-16-13(15)2/h3-8,11H,9-10H2,1-2H3. The Kier molecular flexibility index (Phi) is 3.35. The molecule has 1 heterocycles. The first-order valence-corrected chi connectivity index (χ1v) is 5.72. The van der Waals surface area contributed by atoms with Crippen molar-refractivity contribution in [3.63, 3.8) is 0 Å². The summed E-state index contributed by atoms with van der Waals surface area (Å²) in [5.41, 5.74) is 5.32. The summed E-state index contributed by atoms with van der Waals surface area (Å²) in [4.78, 5) is 4.31. The van der Waals surface area contributed by atoms with Crippen LogP contribution in [0.25, 0.3) is 0 Å². The average Bonchev–Trinajstić information content (AvgIpc) is 2.30. The van der Waals surface area contributed by atoms with Gasteiger partial charge in [-0.25, -0.2) is 0 Å². The number of nitrogens with zero attached hydrogens (tertiary/aromatic N) is 1. The highest BCUT2D eigenvalue weighted by Crippen LogP contribution is 2.12. The van der Waals surface area contributed by atoms with E-state index in [1.54, 1.807) is 0 Å². The molecule has 0 saturated heterocycles. The van der Waals surface area contributed by atoms with Gasteiger partial charge in [0.05, 0.1) is 0 Å². The lowest BCUT2D eigenvalue weighted by molar-refractivity contribution is 0.922. The molecule has 0 bridgehead atoms. The van der Waals surface area contributed by atoms with Gasteiger partial charge in [0.1, 0.15) is 0 Å². The molecule has 1 aromatic carbocycles. The maximum Gasteiger partial charge on any atom is 0.0404 e. The van der Waals surface area contributed by atoms with E-state index in [-0.39, 0.29) is 0 Å². The highest BCUT2D eigenvalue weighted by molar-refractivity contribution is 5.27. The first kappa shape index (κ1) is 10.9. The Labute approximate surface area is 97.2 Å². The number of hydrogen-bond acceptors (Lipinski definition) is 1. The second kappa shape index (κ2) is 4.93. The van der Waals surface area contributed by atoms with Gasteiger partial charge in [-0.05, 0) is 49.4 Å². The Morgan fingerprint density at radius 2 is 1.56 bits per heavy atom. The summed E-state index contributed by atoms with van der Waals surface area (Å²) < 4.78 is 0. The number of benzene rings is 1. The van der Waals surface area contributed by atoms with E-state index >= 15 is 0 Å². The SMILES string of the molecule is Cc1ccccc1CCc1cccnc1C. The van der Waals surface area contributed by atoms with Crippen LogP contribution in [0.3, 0.4) is 0 Å². The van der Waals surface area contributed by atoms with Crippen molar-refractivity contribution in [2.75, 3.05) is 0 Å². The van der Waals surface area contributed by atoms with Crippen LogP contribution in [0.5, 0.6) is 0 Å². The van der Waals surface area contributed by atoms with Crippen molar-refractivity contribution in [1.29, 1.82) is 0 Å². The van der Waals surface area contributed by atoms with Crippen molar-refractivity contribution in [3.05, 3.63) is 65.0 Å². The fraction of sp³-hybridized carbons (Fsp3) is 0.267. The molecule has 0 aliphatic heterocycles. The van der Waals surface area contributed by atoms with Crippen molar-refractivity contribution in [2.45, 2.75) is 26.7 Å². The van der Waals surface area contributed by atoms with Crippen LogP contribution < -0.4 is 0 Å². The molecule has 0 aliphatic rings. The Hall–Kier alpha value is -1.63. The molecule has 2 rings (SSSR count). The van der Waals surface area contributed by atoms with E-state index in [1.165, 1.54) is 16.7 Å². The Balaban J connectivity index is 2.09. The van der Waals surface area contributed by atoms with Gasteiger partial charge >= 0.3 is 0 Å². The van der Waals surface area contributed by atoms with Crippen LogP contribution in [-0.2, 0) is 12.8 Å². The van der Waals surface area contributed by atoms with Crippen molar-refractivity contribution >= 4 is 0 Å². The lowest BCUT2D eigenvalue weighted by atomic mass is 10.0. The number of aryl methyl sites for hydroxylation is 4. The van der Waals surface area contributed by atoms with Gasteiger partial charge in [0.25, 0.3) is 0 Å². The summed E-state index contributed by atoms with van der Waals surface area (Å²) in [5, 5.41) is 0. The molecular formula is C15H17N. The third-order valence-electron chi connectivity index (χ3n) is 3.04. The number of pyridine rings is 1. The van der Waals surface area contributed by atoms with Gasteiger partial charge in [-0.1, -0.05) is 30.3 Å². The molecule has 0 aliphatic carbocycles. The molecular weight excluding hydrogens is 194 g/mol. The minimum atomic E-state index is 1.07. The van der Waals surface area contributed by atoms with Gasteiger partial charge in [0.2, 0.25) is 0 Å². The molecule has 0 atom stereocenters. The Morgan fingerprint density at radius 3 is 2.31 bits per heavy atom. The second-order valence-corrected chi connectivity index (χ2v) is 4.17. The lowest BCUT2D eigenvalue weighted by Gasteiger charge is -2.07. The first-order valence-electron chi connectivity index (χ1n) is 5.72. The molecule has 16 heavy (non-hydrogen) atoms. The van der Waals surface area contributed by atoms with Gasteiger partial charge < -0.3 is 0 Å². The summed E-state index contributed by atoms with van der Waals surface area (Å²) in [5.74, 6) is 0. The Morgan fingerprint density at radius 1 is 0.875 bits per heavy atom. The van der Waals surface area contributed by atoms with Gasteiger partial charge in [-0.3, -0.25) is 4.98 Å². The maximum atomic E-state index is 4.31. The highest BCUT2D eigenvalue weighted by atomic mass is 14.7. The third kappa shape index (κ3) is 2.48. The molecule has 1 nitrogen and oxygen atoms in total. The lowest BCUT2D eigenvalue weighted by Crippen LogP contribution is -1.97. The fourth-order valence-electron chi connectivity index (χ4n) is 1.94.